The summed E-state index contributed by atoms with van der Waals surface area (Å²) in [7, 11) is 6.28. The predicted octanol–water partition coefficient (Wildman–Crippen LogP) is 1.18. The summed E-state index contributed by atoms with van der Waals surface area (Å²) in [6.07, 6.45) is 3.76. The van der Waals surface area contributed by atoms with Gasteiger partial charge in [0.15, 0.2) is 5.16 Å². The van der Waals surface area contributed by atoms with Crippen molar-refractivity contribution in [2.75, 3.05) is 27.4 Å². The lowest BCUT2D eigenvalue weighted by atomic mass is 10.2. The third-order valence-corrected chi connectivity index (χ3v) is 3.02. The smallest absolute Gasteiger partial charge is 0.261 e. The number of quaternary nitrogens is 1. The first-order chi connectivity index (χ1) is 7.90. The van der Waals surface area contributed by atoms with E-state index in [1.54, 1.807) is 0 Å². The van der Waals surface area contributed by atoms with Crippen LogP contribution in [0.2, 0.25) is 0 Å². The fraction of sp³-hybridized carbons (Fsp3) is 0.455. The lowest BCUT2D eigenvalue weighted by Gasteiger charge is -2.23. The molecule has 0 radical (unpaired) electrons. The number of aromatic amines is 2. The van der Waals surface area contributed by atoms with Crippen LogP contribution in [0.3, 0.4) is 0 Å². The van der Waals surface area contributed by atoms with Crippen molar-refractivity contribution in [3.8, 4) is 0 Å². The van der Waals surface area contributed by atoms with Gasteiger partial charge in [-0.05, 0) is 6.26 Å². The second-order valence-electron chi connectivity index (χ2n) is 5.06. The summed E-state index contributed by atoms with van der Waals surface area (Å²) < 4.78 is 0.774. The topological polar surface area (TPSA) is 61.5 Å². The number of aromatic nitrogens is 3. The van der Waals surface area contributed by atoms with Crippen molar-refractivity contribution in [1.29, 1.82) is 0 Å². The van der Waals surface area contributed by atoms with E-state index in [1.165, 1.54) is 11.8 Å². The number of thioether (sulfide) groups is 1. The first kappa shape index (κ1) is 12.2. The molecule has 0 aliphatic carbocycles. The Balaban J connectivity index is 2.58. The van der Waals surface area contributed by atoms with Crippen LogP contribution in [0.15, 0.2) is 16.1 Å². The van der Waals surface area contributed by atoms with E-state index in [4.69, 9.17) is 0 Å². The van der Waals surface area contributed by atoms with Gasteiger partial charge < -0.3 is 14.5 Å². The highest BCUT2D eigenvalue weighted by molar-refractivity contribution is 7.98. The molecule has 0 aliphatic rings. The van der Waals surface area contributed by atoms with E-state index < -0.39 is 0 Å². The van der Waals surface area contributed by atoms with E-state index in [-0.39, 0.29) is 5.56 Å². The first-order valence-electron chi connectivity index (χ1n) is 5.35. The molecule has 0 amide bonds. The van der Waals surface area contributed by atoms with Crippen LogP contribution in [0.4, 0.5) is 0 Å². The summed E-state index contributed by atoms with van der Waals surface area (Å²) in [6, 6.07) is 0. The van der Waals surface area contributed by atoms with Gasteiger partial charge in [0, 0.05) is 11.8 Å². The molecule has 92 valence electrons. The normalized spacial score (nSPS) is 12.2. The summed E-state index contributed by atoms with van der Waals surface area (Å²) in [6.45, 7) is 0.795. The van der Waals surface area contributed by atoms with Crippen molar-refractivity contribution in [2.45, 2.75) is 11.7 Å². The Bertz CT molecular complexity index is 594. The second kappa shape index (κ2) is 4.19. The van der Waals surface area contributed by atoms with E-state index in [0.29, 0.717) is 16.2 Å². The van der Waals surface area contributed by atoms with E-state index >= 15 is 0 Å². The van der Waals surface area contributed by atoms with Crippen molar-refractivity contribution in [3.63, 3.8) is 0 Å². The highest BCUT2D eigenvalue weighted by Gasteiger charge is 2.16. The van der Waals surface area contributed by atoms with Gasteiger partial charge in [-0.3, -0.25) is 4.79 Å². The highest BCUT2D eigenvalue weighted by atomic mass is 32.2. The predicted molar refractivity (Wildman–Crippen MR) is 70.2 cm³/mol. The Hall–Kier alpha value is -1.27. The Kier molecular flexibility index (Phi) is 3.01. The molecule has 0 fully saturated rings. The molecule has 0 bridgehead atoms. The molecule has 2 N–H and O–H groups in total. The molecular formula is C11H17N4OS+. The van der Waals surface area contributed by atoms with Crippen LogP contribution in [0, 0.1) is 0 Å². The molecule has 0 spiro atoms. The molecule has 2 aromatic rings. The number of fused-ring (bicyclic) bond motifs is 1. The maximum atomic E-state index is 12.0. The van der Waals surface area contributed by atoms with Crippen LogP contribution >= 0.6 is 11.8 Å². The lowest BCUT2D eigenvalue weighted by Crippen LogP contribution is -2.33. The van der Waals surface area contributed by atoms with Crippen molar-refractivity contribution < 1.29 is 4.48 Å². The van der Waals surface area contributed by atoms with E-state index in [0.717, 1.165) is 16.6 Å². The minimum Gasteiger partial charge on any atom is -0.345 e. The fourth-order valence-corrected chi connectivity index (χ4v) is 2.19. The molecule has 0 aromatic carbocycles. The van der Waals surface area contributed by atoms with Gasteiger partial charge in [0.1, 0.15) is 12.2 Å². The summed E-state index contributed by atoms with van der Waals surface area (Å²) in [5.74, 6) is 0. The Labute approximate surface area is 104 Å². The van der Waals surface area contributed by atoms with Crippen LogP contribution in [0.1, 0.15) is 5.56 Å². The van der Waals surface area contributed by atoms with Crippen molar-refractivity contribution in [1.82, 2.24) is 15.0 Å². The lowest BCUT2D eigenvalue weighted by molar-refractivity contribution is -0.883. The van der Waals surface area contributed by atoms with Crippen molar-refractivity contribution in [2.24, 2.45) is 0 Å². The maximum Gasteiger partial charge on any atom is 0.261 e. The third-order valence-electron chi connectivity index (χ3n) is 2.44. The zero-order valence-corrected chi connectivity index (χ0v) is 11.3. The zero-order valence-electron chi connectivity index (χ0n) is 10.5. The minimum atomic E-state index is -0.0657. The molecule has 5 nitrogen and oxygen atoms in total. The Morgan fingerprint density at radius 3 is 2.71 bits per heavy atom. The van der Waals surface area contributed by atoms with Gasteiger partial charge in [0.2, 0.25) is 0 Å². The van der Waals surface area contributed by atoms with Crippen LogP contribution in [0.25, 0.3) is 11.0 Å². The largest absolute Gasteiger partial charge is 0.345 e. The van der Waals surface area contributed by atoms with Gasteiger partial charge in [0.25, 0.3) is 5.56 Å². The average molecular weight is 253 g/mol. The monoisotopic (exact) mass is 253 g/mol. The second-order valence-corrected chi connectivity index (χ2v) is 5.86. The van der Waals surface area contributed by atoms with Crippen molar-refractivity contribution >= 4 is 22.8 Å². The van der Waals surface area contributed by atoms with Crippen LogP contribution in [-0.4, -0.2) is 46.8 Å². The van der Waals surface area contributed by atoms with Gasteiger partial charge in [-0.2, -0.15) is 0 Å². The zero-order chi connectivity index (χ0) is 12.6. The molecule has 0 aliphatic heterocycles. The van der Waals surface area contributed by atoms with Gasteiger partial charge in [-0.25, -0.2) is 4.98 Å². The summed E-state index contributed by atoms with van der Waals surface area (Å²) in [4.78, 5) is 22.2. The highest BCUT2D eigenvalue weighted by Crippen LogP contribution is 2.17. The molecule has 2 aromatic heterocycles. The number of H-pyrrole nitrogens is 2. The number of hydrogen-bond acceptors (Lipinski definition) is 3. The number of hydrogen-bond donors (Lipinski definition) is 2. The summed E-state index contributed by atoms with van der Waals surface area (Å²) in [5, 5.41) is 1.32. The number of nitrogens with zero attached hydrogens (tertiary/aromatic N) is 2. The molecule has 2 heterocycles. The molecule has 0 saturated heterocycles. The molecule has 17 heavy (non-hydrogen) atoms. The molecule has 0 atom stereocenters. The third kappa shape index (κ3) is 2.53. The van der Waals surface area contributed by atoms with Gasteiger partial charge in [-0.15, -0.1) is 0 Å². The van der Waals surface area contributed by atoms with Crippen LogP contribution in [-0.2, 0) is 6.54 Å². The quantitative estimate of drug-likeness (QED) is 0.490. The summed E-state index contributed by atoms with van der Waals surface area (Å²) >= 11 is 1.43. The van der Waals surface area contributed by atoms with Crippen LogP contribution < -0.4 is 5.56 Å². The van der Waals surface area contributed by atoms with E-state index in [9.17, 15) is 4.79 Å². The Morgan fingerprint density at radius 1 is 1.41 bits per heavy atom. The van der Waals surface area contributed by atoms with Crippen LogP contribution in [0.5, 0.6) is 0 Å². The first-order valence-corrected chi connectivity index (χ1v) is 6.58. The fourth-order valence-electron chi connectivity index (χ4n) is 1.81. The standard InChI is InChI=1S/C11H16N4OS/c1-15(2,3)6-7-5-12-9-8(7)10(16)14-11(13-9)17-4/h5H,6H2,1-4H3,(H-,12,13,14,16)/p+1. The maximum absolute atomic E-state index is 12.0. The molecular weight excluding hydrogens is 236 g/mol. The SMILES string of the molecule is CSc1nc2[nH]cc(C[N+](C)(C)C)c2c(=O)[nH]1. The average Bonchev–Trinajstić information content (AvgIpc) is 2.59. The van der Waals surface area contributed by atoms with E-state index in [2.05, 4.69) is 36.1 Å². The molecule has 2 rings (SSSR count). The molecule has 0 unspecified atom stereocenters. The van der Waals surface area contributed by atoms with Gasteiger partial charge in [0.05, 0.1) is 26.5 Å². The minimum absolute atomic E-state index is 0.0657. The van der Waals surface area contributed by atoms with E-state index in [1.807, 2.05) is 12.5 Å². The van der Waals surface area contributed by atoms with Gasteiger partial charge in [-0.1, -0.05) is 11.8 Å². The number of rotatable bonds is 3. The number of nitrogens with one attached hydrogen (secondary N) is 2. The summed E-state index contributed by atoms with van der Waals surface area (Å²) in [5.41, 5.74) is 1.61. The molecule has 6 heteroatoms. The Morgan fingerprint density at radius 2 is 2.12 bits per heavy atom. The van der Waals surface area contributed by atoms with Gasteiger partial charge >= 0.3 is 0 Å². The molecule has 0 saturated carbocycles. The van der Waals surface area contributed by atoms with Crippen molar-refractivity contribution in [3.05, 3.63) is 22.1 Å².